The number of carbonyl (C=O) groups excluding carboxylic acids is 2. The molecule has 0 spiro atoms. The highest BCUT2D eigenvalue weighted by molar-refractivity contribution is 7.99. The second-order valence-corrected chi connectivity index (χ2v) is 4.46. The van der Waals surface area contributed by atoms with Crippen LogP contribution in [0.3, 0.4) is 0 Å². The third kappa shape index (κ3) is 5.59. The van der Waals surface area contributed by atoms with E-state index in [1.807, 2.05) is 26.2 Å². The summed E-state index contributed by atoms with van der Waals surface area (Å²) in [6, 6.07) is 1.82. The topological polar surface area (TPSA) is 73.2 Å². The number of hydrogen-bond donors (Lipinski definition) is 1. The van der Waals surface area contributed by atoms with E-state index in [-0.39, 0.29) is 30.2 Å². The standard InChI is InChI=1S/C11H19N3O2S/c1-4-9(17-3)11(16)14(5-2)8-10(15)13-7-6-12/h9H,4-5,7-8H2,1-3H3,(H,13,15). The molecule has 96 valence electrons. The molecule has 0 heterocycles. The lowest BCUT2D eigenvalue weighted by Gasteiger charge is -2.24. The Morgan fingerprint density at radius 3 is 2.53 bits per heavy atom. The number of nitrogens with one attached hydrogen (secondary N) is 1. The molecule has 1 unspecified atom stereocenters. The van der Waals surface area contributed by atoms with Crippen molar-refractivity contribution < 1.29 is 9.59 Å². The molecular formula is C11H19N3O2S. The highest BCUT2D eigenvalue weighted by Crippen LogP contribution is 2.13. The van der Waals surface area contributed by atoms with Crippen molar-refractivity contribution in [3.8, 4) is 6.07 Å². The van der Waals surface area contributed by atoms with Gasteiger partial charge in [0.15, 0.2) is 0 Å². The van der Waals surface area contributed by atoms with Crippen LogP contribution in [0.25, 0.3) is 0 Å². The summed E-state index contributed by atoms with van der Waals surface area (Å²) in [7, 11) is 0. The summed E-state index contributed by atoms with van der Waals surface area (Å²) in [6.45, 7) is 4.28. The van der Waals surface area contributed by atoms with Crippen LogP contribution < -0.4 is 5.32 Å². The van der Waals surface area contributed by atoms with Crippen LogP contribution in [-0.4, -0.2) is 47.9 Å². The lowest BCUT2D eigenvalue weighted by molar-refractivity contribution is -0.135. The molecule has 0 bridgehead atoms. The Bertz CT molecular complexity index is 298. The summed E-state index contributed by atoms with van der Waals surface area (Å²) in [5, 5.41) is 10.7. The van der Waals surface area contributed by atoms with E-state index in [4.69, 9.17) is 5.26 Å². The van der Waals surface area contributed by atoms with E-state index in [0.29, 0.717) is 6.54 Å². The Morgan fingerprint density at radius 2 is 2.12 bits per heavy atom. The molecule has 0 rings (SSSR count). The maximum Gasteiger partial charge on any atom is 0.240 e. The Kier molecular flexibility index (Phi) is 8.24. The van der Waals surface area contributed by atoms with Gasteiger partial charge in [-0.15, -0.1) is 0 Å². The second-order valence-electron chi connectivity index (χ2n) is 3.42. The fourth-order valence-corrected chi connectivity index (χ4v) is 2.04. The van der Waals surface area contributed by atoms with Crippen LogP contribution in [0.4, 0.5) is 0 Å². The highest BCUT2D eigenvalue weighted by Gasteiger charge is 2.22. The second kappa shape index (κ2) is 8.88. The van der Waals surface area contributed by atoms with Crippen LogP contribution >= 0.6 is 11.8 Å². The minimum Gasteiger partial charge on any atom is -0.341 e. The van der Waals surface area contributed by atoms with Crippen LogP contribution in [0.2, 0.25) is 0 Å². The molecule has 17 heavy (non-hydrogen) atoms. The van der Waals surface area contributed by atoms with E-state index in [9.17, 15) is 9.59 Å². The molecule has 1 N–H and O–H groups in total. The van der Waals surface area contributed by atoms with Crippen molar-refractivity contribution in [1.29, 1.82) is 5.26 Å². The van der Waals surface area contributed by atoms with E-state index in [0.717, 1.165) is 6.42 Å². The number of rotatable bonds is 7. The van der Waals surface area contributed by atoms with E-state index < -0.39 is 0 Å². The van der Waals surface area contributed by atoms with Gasteiger partial charge in [0.1, 0.15) is 6.54 Å². The molecule has 1 atom stereocenters. The predicted molar refractivity (Wildman–Crippen MR) is 68.5 cm³/mol. The van der Waals surface area contributed by atoms with Gasteiger partial charge in [-0.25, -0.2) is 0 Å². The van der Waals surface area contributed by atoms with Crippen molar-refractivity contribution in [3.63, 3.8) is 0 Å². The normalized spacial score (nSPS) is 11.4. The zero-order valence-corrected chi connectivity index (χ0v) is 11.3. The predicted octanol–water partition coefficient (Wildman–Crippen LogP) is 0.616. The first-order chi connectivity index (χ1) is 8.10. The van der Waals surface area contributed by atoms with Crippen LogP contribution in [0, 0.1) is 11.3 Å². The van der Waals surface area contributed by atoms with E-state index >= 15 is 0 Å². The summed E-state index contributed by atoms with van der Waals surface area (Å²) in [4.78, 5) is 24.9. The molecule has 0 aliphatic heterocycles. The van der Waals surface area contributed by atoms with Gasteiger partial charge >= 0.3 is 0 Å². The minimum absolute atomic E-state index is 0.0189. The molecule has 0 aliphatic rings. The SMILES string of the molecule is CCC(SC)C(=O)N(CC)CC(=O)NCC#N. The van der Waals surface area contributed by atoms with Crippen molar-refractivity contribution in [2.45, 2.75) is 25.5 Å². The largest absolute Gasteiger partial charge is 0.341 e. The number of nitriles is 1. The molecule has 5 nitrogen and oxygen atoms in total. The number of thioether (sulfide) groups is 1. The van der Waals surface area contributed by atoms with Crippen molar-refractivity contribution in [1.82, 2.24) is 10.2 Å². The van der Waals surface area contributed by atoms with E-state index in [2.05, 4.69) is 5.32 Å². The Balaban J connectivity index is 4.37. The number of likely N-dealkylation sites (N-methyl/N-ethyl adjacent to an activating group) is 1. The van der Waals surface area contributed by atoms with Crippen LogP contribution in [-0.2, 0) is 9.59 Å². The first kappa shape index (κ1) is 15.8. The maximum atomic E-state index is 12.0. The minimum atomic E-state index is -0.294. The van der Waals surface area contributed by atoms with Crippen molar-refractivity contribution >= 4 is 23.6 Å². The Labute approximate surface area is 107 Å². The third-order valence-electron chi connectivity index (χ3n) is 2.32. The van der Waals surface area contributed by atoms with Crippen molar-refractivity contribution in [2.75, 3.05) is 25.9 Å². The molecule has 0 fully saturated rings. The zero-order chi connectivity index (χ0) is 13.3. The van der Waals surface area contributed by atoms with Gasteiger partial charge in [-0.1, -0.05) is 6.92 Å². The lowest BCUT2D eigenvalue weighted by atomic mass is 10.3. The first-order valence-corrected chi connectivity index (χ1v) is 6.84. The van der Waals surface area contributed by atoms with Gasteiger partial charge < -0.3 is 10.2 Å². The summed E-state index contributed by atoms with van der Waals surface area (Å²) >= 11 is 1.49. The fraction of sp³-hybridized carbons (Fsp3) is 0.727. The number of nitrogens with zero attached hydrogens (tertiary/aromatic N) is 2. The first-order valence-electron chi connectivity index (χ1n) is 5.55. The van der Waals surface area contributed by atoms with Gasteiger partial charge in [0.05, 0.1) is 17.9 Å². The van der Waals surface area contributed by atoms with Gasteiger partial charge in [-0.05, 0) is 19.6 Å². The summed E-state index contributed by atoms with van der Waals surface area (Å²) < 4.78 is 0. The molecule has 0 aromatic heterocycles. The quantitative estimate of drug-likeness (QED) is 0.678. The molecule has 0 aliphatic carbocycles. The lowest BCUT2D eigenvalue weighted by Crippen LogP contribution is -2.44. The summed E-state index contributed by atoms with van der Waals surface area (Å²) in [6.07, 6.45) is 2.63. The van der Waals surface area contributed by atoms with Crippen LogP contribution in [0.1, 0.15) is 20.3 Å². The van der Waals surface area contributed by atoms with Crippen molar-refractivity contribution in [3.05, 3.63) is 0 Å². The molecule has 0 radical (unpaired) electrons. The third-order valence-corrected chi connectivity index (χ3v) is 3.43. The number of hydrogen-bond acceptors (Lipinski definition) is 4. The summed E-state index contributed by atoms with van der Waals surface area (Å²) in [5.41, 5.74) is 0. The van der Waals surface area contributed by atoms with Gasteiger partial charge in [0, 0.05) is 6.54 Å². The number of amides is 2. The monoisotopic (exact) mass is 257 g/mol. The molecule has 0 aromatic carbocycles. The Morgan fingerprint density at radius 1 is 1.47 bits per heavy atom. The average molecular weight is 257 g/mol. The van der Waals surface area contributed by atoms with Gasteiger partial charge in [-0.2, -0.15) is 17.0 Å². The van der Waals surface area contributed by atoms with Gasteiger partial charge in [0.2, 0.25) is 11.8 Å². The smallest absolute Gasteiger partial charge is 0.240 e. The number of carbonyl (C=O) groups is 2. The maximum absolute atomic E-state index is 12.0. The van der Waals surface area contributed by atoms with Gasteiger partial charge in [-0.3, -0.25) is 9.59 Å². The highest BCUT2D eigenvalue weighted by atomic mass is 32.2. The fourth-order valence-electron chi connectivity index (χ4n) is 1.36. The van der Waals surface area contributed by atoms with E-state index in [1.54, 1.807) is 0 Å². The van der Waals surface area contributed by atoms with Crippen molar-refractivity contribution in [2.24, 2.45) is 0 Å². The molecule has 0 saturated heterocycles. The molecule has 0 aromatic rings. The molecular weight excluding hydrogens is 238 g/mol. The zero-order valence-electron chi connectivity index (χ0n) is 10.5. The van der Waals surface area contributed by atoms with Crippen LogP contribution in [0.15, 0.2) is 0 Å². The molecule has 6 heteroatoms. The van der Waals surface area contributed by atoms with Crippen LogP contribution in [0.5, 0.6) is 0 Å². The summed E-state index contributed by atoms with van der Waals surface area (Å²) in [5.74, 6) is -0.313. The molecule has 2 amide bonds. The average Bonchev–Trinajstić information content (AvgIpc) is 2.34. The van der Waals surface area contributed by atoms with E-state index in [1.165, 1.54) is 16.7 Å². The molecule has 0 saturated carbocycles. The Hall–Kier alpha value is -1.22. The van der Waals surface area contributed by atoms with Gasteiger partial charge in [0.25, 0.3) is 0 Å².